The molecule has 0 fully saturated rings. The Kier molecular flexibility index (Phi) is 8.74. The fourth-order valence-electron chi connectivity index (χ4n) is 2.30. The minimum Gasteiger partial charge on any atom is -0.478 e. The standard InChI is InChI=1S/C18H22ClNO7/c1-11-5-7-14(8-6-11)20(10-4-9-19)17(23)15(26-12(2)21)16(18(24)25)27-13(3)22/h5-8,15-16H,4,9-10H2,1-3H3,(H,24,25)/t15-,16-/m1/s1. The Morgan fingerprint density at radius 1 is 1.04 bits per heavy atom. The van der Waals surface area contributed by atoms with Crippen molar-refractivity contribution in [3.8, 4) is 0 Å². The summed E-state index contributed by atoms with van der Waals surface area (Å²) < 4.78 is 9.64. The van der Waals surface area contributed by atoms with Crippen LogP contribution in [0.1, 0.15) is 25.8 Å². The van der Waals surface area contributed by atoms with Gasteiger partial charge in [0.05, 0.1) is 0 Å². The highest BCUT2D eigenvalue weighted by atomic mass is 35.5. The molecule has 0 aliphatic rings. The molecule has 8 nitrogen and oxygen atoms in total. The van der Waals surface area contributed by atoms with E-state index in [2.05, 4.69) is 0 Å². The number of anilines is 1. The van der Waals surface area contributed by atoms with Gasteiger partial charge in [-0.25, -0.2) is 4.79 Å². The van der Waals surface area contributed by atoms with Crippen molar-refractivity contribution in [2.24, 2.45) is 0 Å². The molecule has 148 valence electrons. The molecule has 0 saturated carbocycles. The summed E-state index contributed by atoms with van der Waals surface area (Å²) in [6.45, 7) is 4.06. The predicted molar refractivity (Wildman–Crippen MR) is 97.6 cm³/mol. The molecule has 1 rings (SSSR count). The van der Waals surface area contributed by atoms with Crippen LogP contribution in [-0.2, 0) is 28.7 Å². The lowest BCUT2D eigenvalue weighted by atomic mass is 10.1. The normalized spacial score (nSPS) is 12.6. The quantitative estimate of drug-likeness (QED) is 0.498. The molecule has 0 aliphatic heterocycles. The number of carbonyl (C=O) groups excluding carboxylic acids is 3. The number of aryl methyl sites for hydroxylation is 1. The molecule has 1 amide bonds. The molecule has 1 aromatic rings. The summed E-state index contributed by atoms with van der Waals surface area (Å²) in [5.74, 6) is -3.97. The molecule has 0 heterocycles. The number of alkyl halides is 1. The van der Waals surface area contributed by atoms with Crippen molar-refractivity contribution in [3.63, 3.8) is 0 Å². The van der Waals surface area contributed by atoms with Gasteiger partial charge in [0.25, 0.3) is 5.91 Å². The third kappa shape index (κ3) is 6.90. The SMILES string of the molecule is CC(=O)O[C@@H](C(=O)O)[C@@H](OC(C)=O)C(=O)N(CCCCl)c1ccc(C)cc1. The molecule has 0 bridgehead atoms. The smallest absolute Gasteiger partial charge is 0.349 e. The second kappa shape index (κ2) is 10.5. The zero-order valence-corrected chi connectivity index (χ0v) is 16.1. The molecule has 1 N–H and O–H groups in total. The van der Waals surface area contributed by atoms with Gasteiger partial charge in [0.15, 0.2) is 0 Å². The number of ether oxygens (including phenoxy) is 2. The van der Waals surface area contributed by atoms with Crippen molar-refractivity contribution >= 4 is 41.1 Å². The number of rotatable bonds is 9. The second-order valence-electron chi connectivity index (χ2n) is 5.77. The van der Waals surface area contributed by atoms with Crippen LogP contribution in [0.25, 0.3) is 0 Å². The average Bonchev–Trinajstić information content (AvgIpc) is 2.58. The first kappa shape index (κ1) is 22.4. The van der Waals surface area contributed by atoms with Crippen LogP contribution in [0.4, 0.5) is 5.69 Å². The number of halogens is 1. The van der Waals surface area contributed by atoms with Crippen LogP contribution in [0.3, 0.4) is 0 Å². The Morgan fingerprint density at radius 3 is 2.00 bits per heavy atom. The number of hydrogen-bond donors (Lipinski definition) is 1. The van der Waals surface area contributed by atoms with E-state index in [4.69, 9.17) is 21.1 Å². The van der Waals surface area contributed by atoms with Gasteiger partial charge in [0, 0.05) is 32.0 Å². The first-order valence-electron chi connectivity index (χ1n) is 8.18. The van der Waals surface area contributed by atoms with E-state index in [0.717, 1.165) is 19.4 Å². The Bertz CT molecular complexity index is 689. The van der Waals surface area contributed by atoms with E-state index in [-0.39, 0.29) is 12.4 Å². The maximum absolute atomic E-state index is 13.0. The fourth-order valence-corrected chi connectivity index (χ4v) is 2.42. The minimum atomic E-state index is -1.97. The fraction of sp³-hybridized carbons (Fsp3) is 0.444. The zero-order valence-electron chi connectivity index (χ0n) is 15.3. The minimum absolute atomic E-state index is 0.162. The van der Waals surface area contributed by atoms with Gasteiger partial charge >= 0.3 is 17.9 Å². The first-order valence-corrected chi connectivity index (χ1v) is 8.72. The zero-order chi connectivity index (χ0) is 20.6. The second-order valence-corrected chi connectivity index (χ2v) is 6.14. The van der Waals surface area contributed by atoms with Crippen molar-refractivity contribution in [2.45, 2.75) is 39.4 Å². The van der Waals surface area contributed by atoms with Gasteiger partial charge < -0.3 is 19.5 Å². The van der Waals surface area contributed by atoms with Crippen molar-refractivity contribution < 1.29 is 33.8 Å². The lowest BCUT2D eigenvalue weighted by molar-refractivity contribution is -0.180. The molecule has 0 unspecified atom stereocenters. The molecule has 2 atom stereocenters. The number of benzene rings is 1. The largest absolute Gasteiger partial charge is 0.478 e. The van der Waals surface area contributed by atoms with Gasteiger partial charge in [-0.15, -0.1) is 11.6 Å². The molecule has 0 spiro atoms. The van der Waals surface area contributed by atoms with E-state index >= 15 is 0 Å². The summed E-state index contributed by atoms with van der Waals surface area (Å²) in [6.07, 6.45) is -3.39. The van der Waals surface area contributed by atoms with Gasteiger partial charge in [-0.2, -0.15) is 0 Å². The number of hydrogen-bond acceptors (Lipinski definition) is 6. The van der Waals surface area contributed by atoms with Crippen molar-refractivity contribution in [3.05, 3.63) is 29.8 Å². The third-order valence-corrected chi connectivity index (χ3v) is 3.74. The summed E-state index contributed by atoms with van der Waals surface area (Å²) in [7, 11) is 0. The van der Waals surface area contributed by atoms with E-state index in [1.165, 1.54) is 4.90 Å². The van der Waals surface area contributed by atoms with Crippen LogP contribution in [0.5, 0.6) is 0 Å². The first-order chi connectivity index (χ1) is 12.7. The van der Waals surface area contributed by atoms with Crippen molar-refractivity contribution in [1.82, 2.24) is 0 Å². The molecule has 1 aromatic carbocycles. The Balaban J connectivity index is 3.29. The molecule has 9 heteroatoms. The Labute approximate surface area is 162 Å². The molecule has 0 aliphatic carbocycles. The van der Waals surface area contributed by atoms with Gasteiger partial charge in [-0.1, -0.05) is 17.7 Å². The lowest BCUT2D eigenvalue weighted by Crippen LogP contribution is -2.51. The van der Waals surface area contributed by atoms with Crippen molar-refractivity contribution in [1.29, 1.82) is 0 Å². The highest BCUT2D eigenvalue weighted by Gasteiger charge is 2.41. The van der Waals surface area contributed by atoms with Gasteiger partial charge in [-0.3, -0.25) is 14.4 Å². The Morgan fingerprint density at radius 2 is 1.56 bits per heavy atom. The van der Waals surface area contributed by atoms with E-state index in [1.807, 2.05) is 6.92 Å². The summed E-state index contributed by atoms with van der Waals surface area (Å²) in [4.78, 5) is 48.5. The molecule has 27 heavy (non-hydrogen) atoms. The molecule has 0 radical (unpaired) electrons. The molecule has 0 aromatic heterocycles. The van der Waals surface area contributed by atoms with Crippen LogP contribution < -0.4 is 4.90 Å². The number of aliphatic carboxylic acids is 1. The molecular weight excluding hydrogens is 378 g/mol. The van der Waals surface area contributed by atoms with Crippen LogP contribution in [-0.4, -0.2) is 53.6 Å². The number of carbonyl (C=O) groups is 4. The van der Waals surface area contributed by atoms with Gasteiger partial charge in [0.1, 0.15) is 0 Å². The summed E-state index contributed by atoms with van der Waals surface area (Å²) >= 11 is 5.72. The third-order valence-electron chi connectivity index (χ3n) is 3.47. The maximum atomic E-state index is 13.0. The van der Waals surface area contributed by atoms with Crippen molar-refractivity contribution in [2.75, 3.05) is 17.3 Å². The van der Waals surface area contributed by atoms with E-state index in [9.17, 15) is 24.3 Å². The Hall–Kier alpha value is -2.61. The summed E-state index contributed by atoms with van der Waals surface area (Å²) in [6, 6.07) is 6.90. The van der Waals surface area contributed by atoms with E-state index in [0.29, 0.717) is 12.1 Å². The number of esters is 2. The number of carboxylic acids is 1. The number of carboxylic acid groups (broad SMARTS) is 1. The van der Waals surface area contributed by atoms with Crippen LogP contribution >= 0.6 is 11.6 Å². The number of amides is 1. The maximum Gasteiger partial charge on any atom is 0.349 e. The summed E-state index contributed by atoms with van der Waals surface area (Å²) in [5.41, 5.74) is 1.43. The van der Waals surface area contributed by atoms with Crippen LogP contribution in [0.2, 0.25) is 0 Å². The molecule has 0 saturated heterocycles. The molecular formula is C18H22ClNO7. The monoisotopic (exact) mass is 399 g/mol. The van der Waals surface area contributed by atoms with Crippen LogP contribution in [0.15, 0.2) is 24.3 Å². The van der Waals surface area contributed by atoms with E-state index < -0.39 is 36.0 Å². The lowest BCUT2D eigenvalue weighted by Gasteiger charge is -2.29. The topological polar surface area (TPSA) is 110 Å². The predicted octanol–water partition coefficient (Wildman–Crippen LogP) is 1.90. The van der Waals surface area contributed by atoms with Gasteiger partial charge in [0.2, 0.25) is 12.2 Å². The van der Waals surface area contributed by atoms with Crippen LogP contribution in [0, 0.1) is 6.92 Å². The van der Waals surface area contributed by atoms with Gasteiger partial charge in [-0.05, 0) is 25.5 Å². The highest BCUT2D eigenvalue weighted by molar-refractivity contribution is 6.17. The number of nitrogens with zero attached hydrogens (tertiary/aromatic N) is 1. The summed E-state index contributed by atoms with van der Waals surface area (Å²) in [5, 5.41) is 9.36. The van der Waals surface area contributed by atoms with E-state index in [1.54, 1.807) is 24.3 Å². The average molecular weight is 400 g/mol. The highest BCUT2D eigenvalue weighted by Crippen LogP contribution is 2.20.